The van der Waals surface area contributed by atoms with Gasteiger partial charge in [0.05, 0.1) is 16.8 Å². The standard InChI is InChI=1S/C18H23N3O5S2/c1-11-6-7-15(10-16(11)21-27(5,23)24)20-18(22)14-8-12(2)13(3)17(9-14)28(25,26)19-4/h6-10,19,21H,1-5H3,(H,20,22). The third kappa shape index (κ3) is 5.09. The van der Waals surface area contributed by atoms with Crippen molar-refractivity contribution in [1.29, 1.82) is 0 Å². The molecule has 0 spiro atoms. The summed E-state index contributed by atoms with van der Waals surface area (Å²) >= 11 is 0. The molecule has 2 aromatic carbocycles. The summed E-state index contributed by atoms with van der Waals surface area (Å²) in [4.78, 5) is 12.7. The third-order valence-corrected chi connectivity index (χ3v) is 6.36. The summed E-state index contributed by atoms with van der Waals surface area (Å²) < 4.78 is 52.0. The summed E-state index contributed by atoms with van der Waals surface area (Å²) in [6.07, 6.45) is 1.04. The average molecular weight is 426 g/mol. The van der Waals surface area contributed by atoms with Gasteiger partial charge < -0.3 is 5.32 Å². The lowest BCUT2D eigenvalue weighted by Gasteiger charge is -2.14. The summed E-state index contributed by atoms with van der Waals surface area (Å²) in [6, 6.07) is 7.71. The second-order valence-electron chi connectivity index (χ2n) is 6.48. The van der Waals surface area contributed by atoms with Gasteiger partial charge in [-0.05, 0) is 68.8 Å². The summed E-state index contributed by atoms with van der Waals surface area (Å²) in [5, 5.41) is 2.67. The topological polar surface area (TPSA) is 121 Å². The zero-order valence-electron chi connectivity index (χ0n) is 16.2. The Kier molecular flexibility index (Phi) is 6.17. The monoisotopic (exact) mass is 425 g/mol. The van der Waals surface area contributed by atoms with Crippen molar-refractivity contribution >= 4 is 37.3 Å². The lowest BCUT2D eigenvalue weighted by Crippen LogP contribution is -2.21. The number of carbonyl (C=O) groups excluding carboxylic acids is 1. The van der Waals surface area contributed by atoms with Gasteiger partial charge in [-0.25, -0.2) is 21.6 Å². The van der Waals surface area contributed by atoms with E-state index in [9.17, 15) is 21.6 Å². The highest BCUT2D eigenvalue weighted by atomic mass is 32.2. The first-order valence-corrected chi connectivity index (χ1v) is 11.7. The average Bonchev–Trinajstić information content (AvgIpc) is 2.58. The molecule has 8 nitrogen and oxygen atoms in total. The number of benzene rings is 2. The number of nitrogens with one attached hydrogen (secondary N) is 3. The number of anilines is 2. The largest absolute Gasteiger partial charge is 0.322 e. The highest BCUT2D eigenvalue weighted by molar-refractivity contribution is 7.92. The molecule has 152 valence electrons. The van der Waals surface area contributed by atoms with Gasteiger partial charge in [0.2, 0.25) is 20.0 Å². The number of amides is 1. The Labute approximate surface area is 165 Å². The second-order valence-corrected chi connectivity index (χ2v) is 10.1. The van der Waals surface area contributed by atoms with Crippen molar-refractivity contribution in [3.05, 3.63) is 52.6 Å². The first-order chi connectivity index (χ1) is 12.8. The lowest BCUT2D eigenvalue weighted by molar-refractivity contribution is 0.102. The van der Waals surface area contributed by atoms with Crippen molar-refractivity contribution < 1.29 is 21.6 Å². The van der Waals surface area contributed by atoms with Crippen molar-refractivity contribution in [1.82, 2.24) is 4.72 Å². The van der Waals surface area contributed by atoms with E-state index in [1.54, 1.807) is 39.0 Å². The lowest BCUT2D eigenvalue weighted by atomic mass is 10.1. The molecule has 0 aliphatic rings. The highest BCUT2D eigenvalue weighted by Crippen LogP contribution is 2.24. The molecule has 0 atom stereocenters. The van der Waals surface area contributed by atoms with Crippen LogP contribution in [0.3, 0.4) is 0 Å². The van der Waals surface area contributed by atoms with Crippen LogP contribution < -0.4 is 14.8 Å². The number of hydrogen-bond donors (Lipinski definition) is 3. The molecule has 2 rings (SSSR count). The molecule has 0 bridgehead atoms. The molecule has 0 saturated heterocycles. The molecule has 0 radical (unpaired) electrons. The number of rotatable bonds is 6. The van der Waals surface area contributed by atoms with Crippen molar-refractivity contribution in [3.8, 4) is 0 Å². The van der Waals surface area contributed by atoms with E-state index in [0.717, 1.165) is 6.26 Å². The molecule has 0 unspecified atom stereocenters. The van der Waals surface area contributed by atoms with E-state index in [2.05, 4.69) is 14.8 Å². The Morgan fingerprint density at radius 1 is 0.929 bits per heavy atom. The quantitative estimate of drug-likeness (QED) is 0.655. The van der Waals surface area contributed by atoms with Gasteiger partial charge in [-0.1, -0.05) is 6.07 Å². The second kappa shape index (κ2) is 7.90. The van der Waals surface area contributed by atoms with E-state index < -0.39 is 26.0 Å². The molecule has 0 heterocycles. The summed E-state index contributed by atoms with van der Waals surface area (Å²) in [7, 11) is -5.88. The predicted octanol–water partition coefficient (Wildman–Crippen LogP) is 2.14. The Hall–Kier alpha value is -2.43. The van der Waals surface area contributed by atoms with Gasteiger partial charge >= 0.3 is 0 Å². The zero-order chi connectivity index (χ0) is 21.3. The van der Waals surface area contributed by atoms with E-state index in [1.807, 2.05) is 0 Å². The first-order valence-electron chi connectivity index (χ1n) is 8.28. The van der Waals surface area contributed by atoms with Crippen LogP contribution in [-0.2, 0) is 20.0 Å². The Balaban J connectivity index is 2.40. The van der Waals surface area contributed by atoms with Gasteiger partial charge in [-0.15, -0.1) is 0 Å². The van der Waals surface area contributed by atoms with Crippen LogP contribution in [-0.4, -0.2) is 36.0 Å². The Bertz CT molecular complexity index is 1140. The molecule has 0 aliphatic heterocycles. The van der Waals surface area contributed by atoms with Gasteiger partial charge in [-0.3, -0.25) is 9.52 Å². The fourth-order valence-corrected chi connectivity index (χ4v) is 4.25. The van der Waals surface area contributed by atoms with Crippen LogP contribution in [0.15, 0.2) is 35.2 Å². The van der Waals surface area contributed by atoms with Gasteiger partial charge in [0, 0.05) is 11.3 Å². The van der Waals surface area contributed by atoms with E-state index in [1.165, 1.54) is 19.2 Å². The van der Waals surface area contributed by atoms with Crippen molar-refractivity contribution in [2.24, 2.45) is 0 Å². The SMILES string of the molecule is CNS(=O)(=O)c1cc(C(=O)Nc2ccc(C)c(NS(C)(=O)=O)c2)cc(C)c1C. The fourth-order valence-electron chi connectivity index (χ4n) is 2.56. The fraction of sp³-hybridized carbons (Fsp3) is 0.278. The van der Waals surface area contributed by atoms with Crippen LogP contribution in [0, 0.1) is 20.8 Å². The maximum atomic E-state index is 12.7. The Morgan fingerprint density at radius 3 is 2.14 bits per heavy atom. The number of sulfonamides is 2. The van der Waals surface area contributed by atoms with Crippen molar-refractivity contribution in [2.45, 2.75) is 25.7 Å². The summed E-state index contributed by atoms with van der Waals surface area (Å²) in [5.41, 5.74) is 2.80. The smallest absolute Gasteiger partial charge is 0.255 e. The van der Waals surface area contributed by atoms with Crippen molar-refractivity contribution in [2.75, 3.05) is 23.3 Å². The van der Waals surface area contributed by atoms with Crippen LogP contribution in [0.1, 0.15) is 27.0 Å². The van der Waals surface area contributed by atoms with Gasteiger partial charge in [0.1, 0.15) is 0 Å². The van der Waals surface area contributed by atoms with Crippen LogP contribution in [0.2, 0.25) is 0 Å². The van der Waals surface area contributed by atoms with E-state index in [0.29, 0.717) is 28.1 Å². The Morgan fingerprint density at radius 2 is 1.57 bits per heavy atom. The van der Waals surface area contributed by atoms with Gasteiger partial charge in [-0.2, -0.15) is 0 Å². The molecule has 0 saturated carbocycles. The maximum Gasteiger partial charge on any atom is 0.255 e. The van der Waals surface area contributed by atoms with E-state index in [4.69, 9.17) is 0 Å². The molecule has 28 heavy (non-hydrogen) atoms. The minimum absolute atomic E-state index is 0.0310. The first kappa shape index (κ1) is 21.9. The van der Waals surface area contributed by atoms with Crippen molar-refractivity contribution in [3.63, 3.8) is 0 Å². The molecule has 0 aliphatic carbocycles. The summed E-state index contributed by atoms with van der Waals surface area (Å²) in [5.74, 6) is -0.509. The van der Waals surface area contributed by atoms with Crippen LogP contribution in [0.25, 0.3) is 0 Å². The van der Waals surface area contributed by atoms with Gasteiger partial charge in [0.25, 0.3) is 5.91 Å². The molecule has 3 N–H and O–H groups in total. The molecule has 10 heteroatoms. The van der Waals surface area contributed by atoms with Crippen LogP contribution >= 0.6 is 0 Å². The van der Waals surface area contributed by atoms with Crippen LogP contribution in [0.5, 0.6) is 0 Å². The molecule has 2 aromatic rings. The highest BCUT2D eigenvalue weighted by Gasteiger charge is 2.19. The normalized spacial score (nSPS) is 11.9. The van der Waals surface area contributed by atoms with E-state index >= 15 is 0 Å². The number of carbonyl (C=O) groups is 1. The van der Waals surface area contributed by atoms with Crippen LogP contribution in [0.4, 0.5) is 11.4 Å². The molecular formula is C18H23N3O5S2. The minimum atomic E-state index is -3.72. The number of hydrogen-bond acceptors (Lipinski definition) is 5. The molecular weight excluding hydrogens is 402 g/mol. The number of aryl methyl sites for hydroxylation is 2. The summed E-state index contributed by atoms with van der Waals surface area (Å²) in [6.45, 7) is 5.13. The molecule has 0 fully saturated rings. The maximum absolute atomic E-state index is 12.7. The van der Waals surface area contributed by atoms with Gasteiger partial charge in [0.15, 0.2) is 0 Å². The van der Waals surface area contributed by atoms with E-state index in [-0.39, 0.29) is 10.5 Å². The molecule has 1 amide bonds. The zero-order valence-corrected chi connectivity index (χ0v) is 17.9. The predicted molar refractivity (Wildman–Crippen MR) is 110 cm³/mol. The molecule has 0 aromatic heterocycles. The third-order valence-electron chi connectivity index (χ3n) is 4.23. The minimum Gasteiger partial charge on any atom is -0.322 e.